The van der Waals surface area contributed by atoms with Crippen LogP contribution in [0, 0.1) is 0 Å². The number of ether oxygens (including phenoxy) is 4. The van der Waals surface area contributed by atoms with Crippen LogP contribution in [0.3, 0.4) is 0 Å². The minimum atomic E-state index is -0.775. The van der Waals surface area contributed by atoms with E-state index in [1.54, 1.807) is 13.4 Å². The van der Waals surface area contributed by atoms with Gasteiger partial charge in [0.2, 0.25) is 0 Å². The van der Waals surface area contributed by atoms with Crippen molar-refractivity contribution in [1.29, 1.82) is 0 Å². The lowest BCUT2D eigenvalue weighted by Gasteiger charge is -2.24. The van der Waals surface area contributed by atoms with Crippen molar-refractivity contribution < 1.29 is 18.9 Å². The van der Waals surface area contributed by atoms with Gasteiger partial charge in [-0.25, -0.2) is 15.0 Å². The van der Waals surface area contributed by atoms with Crippen molar-refractivity contribution in [1.82, 2.24) is 19.5 Å². The third-order valence-electron chi connectivity index (χ3n) is 5.70. The van der Waals surface area contributed by atoms with E-state index < -0.39 is 24.2 Å². The molecule has 0 radical (unpaired) electrons. The highest BCUT2D eigenvalue weighted by molar-refractivity contribution is 5.82. The van der Waals surface area contributed by atoms with Crippen LogP contribution in [-0.2, 0) is 20.8 Å². The van der Waals surface area contributed by atoms with Crippen LogP contribution >= 0.6 is 0 Å². The van der Waals surface area contributed by atoms with Crippen LogP contribution in [0.15, 0.2) is 42.0 Å². The number of nitrogens with zero attached hydrogens (tertiary/aromatic N) is 7. The first-order valence-corrected chi connectivity index (χ1v) is 10.6. The summed E-state index contributed by atoms with van der Waals surface area (Å²) in [6.45, 7) is 4.40. The molecule has 0 spiro atoms. The zero-order valence-electron chi connectivity index (χ0n) is 18.5. The predicted octanol–water partition coefficient (Wildman–Crippen LogP) is 3.17. The standard InChI is InChI=1S/C21H24N8O4/c1-21(2)32-16-14(9-27-28-22)31-20(17(16)33-21)29-11-26-15-18(24-10-25-19(15)29)23-8-12-4-6-13(30-3)7-5-12/h4-7,10-11,14,16-17,20H,8-9H2,1-3H3,(H,23,24,25)/t14-,16?,17+,20-/m1/s1. The van der Waals surface area contributed by atoms with E-state index in [1.165, 1.54) is 6.33 Å². The number of nitrogens with one attached hydrogen (secondary N) is 1. The Morgan fingerprint density at radius 3 is 2.73 bits per heavy atom. The van der Waals surface area contributed by atoms with E-state index in [9.17, 15) is 0 Å². The molecule has 0 amide bonds. The molecular formula is C21H24N8O4. The molecule has 1 unspecified atom stereocenters. The molecule has 2 aliphatic heterocycles. The SMILES string of the molecule is COc1ccc(CNc2ncnc3c2ncn3[C@@H]2O[C@H](CN=[N+]=[N-])C3OC(C)(C)O[C@@H]32)cc1. The normalized spacial score (nSPS) is 25.5. The fourth-order valence-electron chi connectivity index (χ4n) is 4.24. The molecule has 2 aliphatic rings. The maximum absolute atomic E-state index is 8.74. The van der Waals surface area contributed by atoms with Crippen molar-refractivity contribution in [2.45, 2.75) is 50.7 Å². The van der Waals surface area contributed by atoms with E-state index in [1.807, 2.05) is 42.7 Å². The molecule has 0 saturated carbocycles. The highest BCUT2D eigenvalue weighted by Crippen LogP contribution is 2.44. The Labute approximate surface area is 189 Å². The van der Waals surface area contributed by atoms with Gasteiger partial charge in [0.05, 0.1) is 26.1 Å². The van der Waals surface area contributed by atoms with Gasteiger partial charge in [-0.3, -0.25) is 4.57 Å². The molecule has 4 heterocycles. The number of hydrogen-bond donors (Lipinski definition) is 1. The maximum atomic E-state index is 8.74. The summed E-state index contributed by atoms with van der Waals surface area (Å²) in [6, 6.07) is 7.79. The topological polar surface area (TPSA) is 141 Å². The summed E-state index contributed by atoms with van der Waals surface area (Å²) in [5, 5.41) is 6.99. The van der Waals surface area contributed by atoms with Crippen LogP contribution < -0.4 is 10.1 Å². The van der Waals surface area contributed by atoms with Crippen molar-refractivity contribution in [3.05, 3.63) is 52.9 Å². The van der Waals surface area contributed by atoms with Crippen LogP contribution in [0.2, 0.25) is 0 Å². The summed E-state index contributed by atoms with van der Waals surface area (Å²) in [4.78, 5) is 16.2. The smallest absolute Gasteiger partial charge is 0.167 e. The lowest BCUT2D eigenvalue weighted by molar-refractivity contribution is -0.195. The Balaban J connectivity index is 1.40. The summed E-state index contributed by atoms with van der Waals surface area (Å²) in [5.41, 5.74) is 11.0. The Morgan fingerprint density at radius 1 is 1.18 bits per heavy atom. The lowest BCUT2D eigenvalue weighted by Crippen LogP contribution is -2.31. The second-order valence-corrected chi connectivity index (χ2v) is 8.29. The Bertz CT molecular complexity index is 1190. The van der Waals surface area contributed by atoms with Crippen molar-refractivity contribution in [2.24, 2.45) is 5.11 Å². The van der Waals surface area contributed by atoms with Crippen molar-refractivity contribution in [2.75, 3.05) is 19.0 Å². The molecule has 2 aromatic heterocycles. The number of hydrogen-bond acceptors (Lipinski definition) is 9. The number of imidazole rings is 1. The second kappa shape index (κ2) is 8.49. The third-order valence-corrected chi connectivity index (χ3v) is 5.70. The van der Waals surface area contributed by atoms with E-state index >= 15 is 0 Å². The second-order valence-electron chi connectivity index (χ2n) is 8.29. The van der Waals surface area contributed by atoms with Gasteiger partial charge in [-0.1, -0.05) is 17.2 Å². The van der Waals surface area contributed by atoms with Crippen LogP contribution in [-0.4, -0.2) is 57.3 Å². The van der Waals surface area contributed by atoms with Crippen LogP contribution in [0.4, 0.5) is 5.82 Å². The molecule has 12 nitrogen and oxygen atoms in total. The highest BCUT2D eigenvalue weighted by Gasteiger charge is 2.55. The average molecular weight is 452 g/mol. The van der Waals surface area contributed by atoms with E-state index in [0.29, 0.717) is 23.5 Å². The summed E-state index contributed by atoms with van der Waals surface area (Å²) < 4.78 is 25.4. The van der Waals surface area contributed by atoms with E-state index in [0.717, 1.165) is 11.3 Å². The number of benzene rings is 1. The highest BCUT2D eigenvalue weighted by atomic mass is 16.8. The molecule has 3 aromatic rings. The van der Waals surface area contributed by atoms with Gasteiger partial charge in [0, 0.05) is 11.5 Å². The van der Waals surface area contributed by atoms with Crippen molar-refractivity contribution >= 4 is 17.0 Å². The van der Waals surface area contributed by atoms with Gasteiger partial charge in [-0.05, 0) is 37.1 Å². The first-order chi connectivity index (χ1) is 16.0. The van der Waals surface area contributed by atoms with Gasteiger partial charge < -0.3 is 24.3 Å². The van der Waals surface area contributed by atoms with Gasteiger partial charge in [-0.2, -0.15) is 0 Å². The predicted molar refractivity (Wildman–Crippen MR) is 117 cm³/mol. The van der Waals surface area contributed by atoms with Gasteiger partial charge in [-0.15, -0.1) is 0 Å². The molecule has 0 bridgehead atoms. The number of fused-ring (bicyclic) bond motifs is 2. The van der Waals surface area contributed by atoms with Crippen LogP contribution in [0.1, 0.15) is 25.6 Å². The Hall–Kier alpha value is -3.44. The van der Waals surface area contributed by atoms with Crippen molar-refractivity contribution in [3.63, 3.8) is 0 Å². The molecule has 33 heavy (non-hydrogen) atoms. The monoisotopic (exact) mass is 452 g/mol. The van der Waals surface area contributed by atoms with E-state index in [4.69, 9.17) is 24.5 Å². The number of rotatable bonds is 7. The summed E-state index contributed by atoms with van der Waals surface area (Å²) in [7, 11) is 1.64. The fourth-order valence-corrected chi connectivity index (χ4v) is 4.24. The molecular weight excluding hydrogens is 428 g/mol. The molecule has 172 valence electrons. The number of aromatic nitrogens is 4. The first kappa shape index (κ1) is 21.4. The lowest BCUT2D eigenvalue weighted by atomic mass is 10.1. The molecule has 1 N–H and O–H groups in total. The van der Waals surface area contributed by atoms with Gasteiger partial charge in [0.25, 0.3) is 0 Å². The first-order valence-electron chi connectivity index (χ1n) is 10.6. The molecule has 12 heteroatoms. The van der Waals surface area contributed by atoms with Gasteiger partial charge in [0.1, 0.15) is 24.3 Å². The summed E-state index contributed by atoms with van der Waals surface area (Å²) in [6.07, 6.45) is 1.39. The van der Waals surface area contributed by atoms with Gasteiger partial charge in [0.15, 0.2) is 29.0 Å². The maximum Gasteiger partial charge on any atom is 0.167 e. The number of anilines is 1. The van der Waals surface area contributed by atoms with Crippen LogP contribution in [0.5, 0.6) is 5.75 Å². The largest absolute Gasteiger partial charge is 0.497 e. The molecule has 4 atom stereocenters. The zero-order chi connectivity index (χ0) is 23.0. The minimum Gasteiger partial charge on any atom is -0.497 e. The summed E-state index contributed by atoms with van der Waals surface area (Å²) in [5.74, 6) is 0.637. The number of azide groups is 1. The molecule has 2 fully saturated rings. The quantitative estimate of drug-likeness (QED) is 0.327. The number of methoxy groups -OCH3 is 1. The molecule has 2 saturated heterocycles. The molecule has 5 rings (SSSR count). The van der Waals surface area contributed by atoms with Crippen molar-refractivity contribution in [3.8, 4) is 5.75 Å². The fraction of sp³-hybridized carbons (Fsp3) is 0.476. The third kappa shape index (κ3) is 4.05. The molecule has 0 aliphatic carbocycles. The van der Waals surface area contributed by atoms with E-state index in [2.05, 4.69) is 30.3 Å². The average Bonchev–Trinajstić information content (AvgIpc) is 3.47. The zero-order valence-corrected chi connectivity index (χ0v) is 18.5. The Kier molecular flexibility index (Phi) is 5.51. The minimum absolute atomic E-state index is 0.143. The van der Waals surface area contributed by atoms with Gasteiger partial charge >= 0.3 is 0 Å². The summed E-state index contributed by atoms with van der Waals surface area (Å²) >= 11 is 0. The Morgan fingerprint density at radius 2 is 1.97 bits per heavy atom. The molecule has 1 aromatic carbocycles. The van der Waals surface area contributed by atoms with E-state index in [-0.39, 0.29) is 12.6 Å². The van der Waals surface area contributed by atoms with Crippen LogP contribution in [0.25, 0.3) is 21.6 Å².